The number of rotatable bonds is 2. The summed E-state index contributed by atoms with van der Waals surface area (Å²) in [5.41, 5.74) is 0.388. The van der Waals surface area contributed by atoms with E-state index < -0.39 is 0 Å². The molecule has 0 aliphatic heterocycles. The van der Waals surface area contributed by atoms with Gasteiger partial charge in [-0.3, -0.25) is 4.79 Å². The van der Waals surface area contributed by atoms with E-state index in [2.05, 4.69) is 5.32 Å². The number of nitrogens with one attached hydrogen (secondary N) is 1. The molecular weight excluding hydrogens is 152 g/mol. The van der Waals surface area contributed by atoms with Crippen molar-refractivity contribution in [3.8, 4) is 6.07 Å². The molecular formula is C9H12N2O. The number of amides is 1. The molecule has 0 aromatic heterocycles. The Bertz CT molecular complexity index is 250. The maximum Gasteiger partial charge on any atom is 0.224 e. The van der Waals surface area contributed by atoms with E-state index in [1.165, 1.54) is 19.3 Å². The molecule has 0 radical (unpaired) electrons. The van der Waals surface area contributed by atoms with E-state index in [1.54, 1.807) is 0 Å². The third-order valence-corrected chi connectivity index (χ3v) is 3.20. The zero-order valence-corrected chi connectivity index (χ0v) is 6.97. The zero-order chi connectivity index (χ0) is 8.60. The van der Waals surface area contributed by atoms with Gasteiger partial charge in [0.25, 0.3) is 0 Å². The van der Waals surface area contributed by atoms with Crippen molar-refractivity contribution in [2.45, 2.75) is 25.7 Å². The molecule has 1 spiro atoms. The molecule has 0 heterocycles. The summed E-state index contributed by atoms with van der Waals surface area (Å²) in [5.74, 6) is 0.329. The van der Waals surface area contributed by atoms with Crippen LogP contribution in [0.2, 0.25) is 0 Å². The molecule has 0 bridgehead atoms. The van der Waals surface area contributed by atoms with Gasteiger partial charge in [0, 0.05) is 5.92 Å². The van der Waals surface area contributed by atoms with Gasteiger partial charge in [-0.25, -0.2) is 0 Å². The van der Waals surface area contributed by atoms with Gasteiger partial charge >= 0.3 is 0 Å². The van der Waals surface area contributed by atoms with Crippen LogP contribution in [-0.4, -0.2) is 12.5 Å². The molecule has 2 fully saturated rings. The van der Waals surface area contributed by atoms with Crippen LogP contribution in [-0.2, 0) is 4.79 Å². The molecule has 2 aliphatic carbocycles. The fraction of sp³-hybridized carbons (Fsp3) is 0.778. The Kier molecular flexibility index (Phi) is 1.57. The number of carbonyl (C=O) groups excluding carboxylic acids is 1. The fourth-order valence-electron chi connectivity index (χ4n) is 2.15. The lowest BCUT2D eigenvalue weighted by molar-refractivity contribution is -0.123. The highest BCUT2D eigenvalue weighted by atomic mass is 16.2. The molecule has 3 heteroatoms. The van der Waals surface area contributed by atoms with Gasteiger partial charge in [0.05, 0.1) is 6.07 Å². The number of nitrogens with zero attached hydrogens (tertiary/aromatic N) is 1. The number of hydrogen-bond acceptors (Lipinski definition) is 2. The maximum atomic E-state index is 11.3. The molecule has 3 nitrogen and oxygen atoms in total. The summed E-state index contributed by atoms with van der Waals surface area (Å²) in [4.78, 5) is 11.3. The molecule has 12 heavy (non-hydrogen) atoms. The Labute approximate surface area is 71.8 Å². The summed E-state index contributed by atoms with van der Waals surface area (Å²) in [6.45, 7) is 0.158. The SMILES string of the molecule is N#CCNC(=O)C1CC12CCC2. The lowest BCUT2D eigenvalue weighted by atomic mass is 9.80. The fourth-order valence-corrected chi connectivity index (χ4v) is 2.15. The van der Waals surface area contributed by atoms with Gasteiger partial charge in [0.15, 0.2) is 0 Å². The minimum Gasteiger partial charge on any atom is -0.343 e. The van der Waals surface area contributed by atoms with Crippen LogP contribution >= 0.6 is 0 Å². The molecule has 1 atom stereocenters. The standard InChI is InChI=1S/C9H12N2O/c10-4-5-11-8(12)7-6-9(7)2-1-3-9/h7H,1-3,5-6H2,(H,11,12). The van der Waals surface area contributed by atoms with Crippen LogP contribution in [0.3, 0.4) is 0 Å². The largest absolute Gasteiger partial charge is 0.343 e. The van der Waals surface area contributed by atoms with Crippen LogP contribution in [0.5, 0.6) is 0 Å². The van der Waals surface area contributed by atoms with Crippen LogP contribution < -0.4 is 5.32 Å². The van der Waals surface area contributed by atoms with Crippen molar-refractivity contribution in [3.05, 3.63) is 0 Å². The minimum atomic E-state index is 0.0938. The monoisotopic (exact) mass is 164 g/mol. The highest BCUT2D eigenvalue weighted by molar-refractivity contribution is 5.82. The van der Waals surface area contributed by atoms with Crippen molar-refractivity contribution in [1.29, 1.82) is 5.26 Å². The number of carbonyl (C=O) groups is 1. The van der Waals surface area contributed by atoms with Crippen LogP contribution in [0.25, 0.3) is 0 Å². The lowest BCUT2D eigenvalue weighted by Gasteiger charge is -2.26. The maximum absolute atomic E-state index is 11.3. The first-order valence-corrected chi connectivity index (χ1v) is 4.43. The van der Waals surface area contributed by atoms with Gasteiger partial charge in [0.2, 0.25) is 5.91 Å². The van der Waals surface area contributed by atoms with E-state index in [9.17, 15) is 4.79 Å². The van der Waals surface area contributed by atoms with E-state index in [0.717, 1.165) is 6.42 Å². The topological polar surface area (TPSA) is 52.9 Å². The van der Waals surface area contributed by atoms with Crippen molar-refractivity contribution >= 4 is 5.91 Å². The van der Waals surface area contributed by atoms with E-state index in [0.29, 0.717) is 5.41 Å². The van der Waals surface area contributed by atoms with Crippen LogP contribution in [0.1, 0.15) is 25.7 Å². The van der Waals surface area contributed by atoms with Crippen LogP contribution in [0, 0.1) is 22.7 Å². The second-order valence-corrected chi connectivity index (χ2v) is 3.85. The summed E-state index contributed by atoms with van der Waals surface area (Å²) < 4.78 is 0. The quantitative estimate of drug-likeness (QED) is 0.614. The molecule has 2 saturated carbocycles. The summed E-state index contributed by atoms with van der Waals surface area (Å²) in [6.07, 6.45) is 4.78. The minimum absolute atomic E-state index is 0.0938. The predicted octanol–water partition coefficient (Wildman–Crippen LogP) is 0.816. The Hall–Kier alpha value is -1.04. The first-order valence-electron chi connectivity index (χ1n) is 4.43. The normalized spacial score (nSPS) is 28.8. The smallest absolute Gasteiger partial charge is 0.224 e. The van der Waals surface area contributed by atoms with Crippen molar-refractivity contribution in [1.82, 2.24) is 5.32 Å². The highest BCUT2D eigenvalue weighted by Gasteiger charge is 2.60. The Morgan fingerprint density at radius 1 is 1.67 bits per heavy atom. The van der Waals surface area contributed by atoms with Gasteiger partial charge < -0.3 is 5.32 Å². The molecule has 0 aromatic carbocycles. The second kappa shape index (κ2) is 2.48. The molecule has 0 saturated heterocycles. The van der Waals surface area contributed by atoms with Crippen molar-refractivity contribution in [3.63, 3.8) is 0 Å². The Morgan fingerprint density at radius 2 is 2.42 bits per heavy atom. The Morgan fingerprint density at radius 3 is 2.83 bits per heavy atom. The number of nitriles is 1. The summed E-state index contributed by atoms with van der Waals surface area (Å²) in [5, 5.41) is 10.9. The molecule has 1 unspecified atom stereocenters. The predicted molar refractivity (Wildman–Crippen MR) is 43.0 cm³/mol. The summed E-state index contributed by atoms with van der Waals surface area (Å²) in [6, 6.07) is 1.91. The molecule has 1 N–H and O–H groups in total. The third kappa shape index (κ3) is 0.989. The van der Waals surface area contributed by atoms with Crippen LogP contribution in [0.15, 0.2) is 0 Å². The van der Waals surface area contributed by atoms with Gasteiger partial charge in [-0.2, -0.15) is 5.26 Å². The first kappa shape index (κ1) is 7.60. The van der Waals surface area contributed by atoms with Crippen molar-refractivity contribution in [2.24, 2.45) is 11.3 Å². The molecule has 2 rings (SSSR count). The van der Waals surface area contributed by atoms with E-state index in [1.807, 2.05) is 6.07 Å². The molecule has 64 valence electrons. The van der Waals surface area contributed by atoms with Gasteiger partial charge in [0.1, 0.15) is 6.54 Å². The molecule has 0 aromatic rings. The average molecular weight is 164 g/mol. The van der Waals surface area contributed by atoms with E-state index in [-0.39, 0.29) is 18.4 Å². The highest BCUT2D eigenvalue weighted by Crippen LogP contribution is 2.65. The Balaban J connectivity index is 1.80. The molecule has 1 amide bonds. The van der Waals surface area contributed by atoms with Gasteiger partial charge in [-0.15, -0.1) is 0 Å². The van der Waals surface area contributed by atoms with Gasteiger partial charge in [-0.05, 0) is 24.7 Å². The van der Waals surface area contributed by atoms with E-state index >= 15 is 0 Å². The lowest BCUT2D eigenvalue weighted by Crippen LogP contribution is -2.29. The first-order chi connectivity index (χ1) is 5.78. The molecule has 2 aliphatic rings. The van der Waals surface area contributed by atoms with Crippen molar-refractivity contribution < 1.29 is 4.79 Å². The second-order valence-electron chi connectivity index (χ2n) is 3.85. The van der Waals surface area contributed by atoms with Crippen LogP contribution in [0.4, 0.5) is 0 Å². The summed E-state index contributed by atoms with van der Waals surface area (Å²) >= 11 is 0. The zero-order valence-electron chi connectivity index (χ0n) is 6.97. The summed E-state index contributed by atoms with van der Waals surface area (Å²) in [7, 11) is 0. The van der Waals surface area contributed by atoms with Gasteiger partial charge in [-0.1, -0.05) is 6.42 Å². The third-order valence-electron chi connectivity index (χ3n) is 3.20. The van der Waals surface area contributed by atoms with Crippen molar-refractivity contribution in [2.75, 3.05) is 6.54 Å². The average Bonchev–Trinajstić information content (AvgIpc) is 2.73. The van der Waals surface area contributed by atoms with E-state index in [4.69, 9.17) is 5.26 Å². The number of hydrogen-bond donors (Lipinski definition) is 1.